The largest absolute Gasteiger partial charge is 0.368 e. The Morgan fingerprint density at radius 3 is 2.43 bits per heavy atom. The Labute approximate surface area is 124 Å². The summed E-state index contributed by atoms with van der Waals surface area (Å²) in [6.07, 6.45) is 1.27. The predicted octanol–water partition coefficient (Wildman–Crippen LogP) is -1.54. The smallest absolute Gasteiger partial charge is 0.258 e. The molecule has 8 nitrogen and oxygen atoms in total. The molecule has 6 N–H and O–H groups in total. The molecule has 0 aromatic heterocycles. The number of nitrogens with two attached hydrogens (primary N) is 2. The molecule has 3 amide bonds. The van der Waals surface area contributed by atoms with Gasteiger partial charge in [-0.2, -0.15) is 0 Å². The number of nitrogens with zero attached hydrogens (tertiary/aromatic N) is 1. The summed E-state index contributed by atoms with van der Waals surface area (Å²) in [7, 11) is 0. The molecule has 1 fully saturated rings. The number of hydrogen-bond donors (Lipinski definition) is 4. The van der Waals surface area contributed by atoms with Crippen LogP contribution >= 0.6 is 0 Å². The van der Waals surface area contributed by atoms with Crippen LogP contribution in [-0.2, 0) is 14.4 Å². The first-order valence-corrected chi connectivity index (χ1v) is 7.16. The van der Waals surface area contributed by atoms with Crippen molar-refractivity contribution in [2.45, 2.75) is 51.7 Å². The summed E-state index contributed by atoms with van der Waals surface area (Å²) >= 11 is 0. The second kappa shape index (κ2) is 7.37. The van der Waals surface area contributed by atoms with Gasteiger partial charge in [0.2, 0.25) is 11.8 Å². The lowest BCUT2D eigenvalue weighted by molar-refractivity contribution is -0.142. The number of carbonyl (C=O) groups excluding carboxylic acids is 3. The van der Waals surface area contributed by atoms with Crippen molar-refractivity contribution >= 4 is 17.7 Å². The van der Waals surface area contributed by atoms with Gasteiger partial charge < -0.3 is 16.8 Å². The average Bonchev–Trinajstić information content (AvgIpc) is 2.45. The summed E-state index contributed by atoms with van der Waals surface area (Å²) in [4.78, 5) is 35.3. The topological polar surface area (TPSA) is 131 Å². The van der Waals surface area contributed by atoms with Crippen LogP contribution < -0.4 is 22.2 Å². The van der Waals surface area contributed by atoms with Gasteiger partial charge in [0.05, 0.1) is 6.04 Å². The van der Waals surface area contributed by atoms with Gasteiger partial charge >= 0.3 is 0 Å². The van der Waals surface area contributed by atoms with Crippen LogP contribution in [0.3, 0.4) is 0 Å². The van der Waals surface area contributed by atoms with Crippen molar-refractivity contribution in [3.8, 4) is 0 Å². The molecule has 0 aliphatic carbocycles. The summed E-state index contributed by atoms with van der Waals surface area (Å²) in [5, 5.41) is 3.93. The van der Waals surface area contributed by atoms with E-state index in [1.54, 1.807) is 6.92 Å². The molecule has 0 saturated carbocycles. The van der Waals surface area contributed by atoms with E-state index in [9.17, 15) is 14.4 Å². The van der Waals surface area contributed by atoms with Crippen molar-refractivity contribution in [3.63, 3.8) is 0 Å². The molecule has 0 aromatic rings. The van der Waals surface area contributed by atoms with E-state index in [1.165, 1.54) is 5.01 Å². The Morgan fingerprint density at radius 1 is 1.29 bits per heavy atom. The third kappa shape index (κ3) is 4.68. The fourth-order valence-electron chi connectivity index (χ4n) is 2.06. The van der Waals surface area contributed by atoms with Gasteiger partial charge in [-0.25, -0.2) is 5.43 Å². The Hall–Kier alpha value is -1.67. The van der Waals surface area contributed by atoms with E-state index in [-0.39, 0.29) is 17.7 Å². The van der Waals surface area contributed by atoms with E-state index in [2.05, 4.69) is 10.7 Å². The number of primary amides is 1. The molecule has 1 aliphatic rings. The molecule has 8 heteroatoms. The molecule has 0 spiro atoms. The van der Waals surface area contributed by atoms with Crippen LogP contribution in [-0.4, -0.2) is 47.4 Å². The summed E-state index contributed by atoms with van der Waals surface area (Å²) in [5.74, 6) is -1.19. The zero-order valence-corrected chi connectivity index (χ0v) is 12.8. The van der Waals surface area contributed by atoms with Crippen LogP contribution in [0.2, 0.25) is 0 Å². The summed E-state index contributed by atoms with van der Waals surface area (Å²) < 4.78 is 0. The SMILES string of the molecule is CC(NC(=O)C(N)C(C)C)C(=O)N1CCC[C@@H](C(N)=O)N1. The molecule has 2 unspecified atom stereocenters. The third-order valence-corrected chi connectivity index (χ3v) is 3.55. The van der Waals surface area contributed by atoms with Crippen molar-refractivity contribution < 1.29 is 14.4 Å². The van der Waals surface area contributed by atoms with Gasteiger partial charge in [-0.15, -0.1) is 0 Å². The first kappa shape index (κ1) is 17.4. The number of amides is 3. The van der Waals surface area contributed by atoms with Gasteiger partial charge in [0.1, 0.15) is 12.1 Å². The zero-order valence-electron chi connectivity index (χ0n) is 12.8. The Morgan fingerprint density at radius 2 is 1.90 bits per heavy atom. The minimum atomic E-state index is -0.721. The monoisotopic (exact) mass is 299 g/mol. The van der Waals surface area contributed by atoms with Gasteiger partial charge in [-0.05, 0) is 25.7 Å². The lowest BCUT2D eigenvalue weighted by Crippen LogP contribution is -2.61. The van der Waals surface area contributed by atoms with Crippen molar-refractivity contribution in [2.24, 2.45) is 17.4 Å². The fraction of sp³-hybridized carbons (Fsp3) is 0.769. The number of hydrogen-bond acceptors (Lipinski definition) is 5. The van der Waals surface area contributed by atoms with Crippen molar-refractivity contribution in [1.82, 2.24) is 15.8 Å². The highest BCUT2D eigenvalue weighted by Crippen LogP contribution is 2.08. The molecule has 1 saturated heterocycles. The molecule has 0 bridgehead atoms. The maximum Gasteiger partial charge on any atom is 0.258 e. The lowest BCUT2D eigenvalue weighted by atomic mass is 10.0. The predicted molar refractivity (Wildman–Crippen MR) is 77.5 cm³/mol. The Bertz CT molecular complexity index is 413. The number of rotatable bonds is 5. The minimum Gasteiger partial charge on any atom is -0.368 e. The quantitative estimate of drug-likeness (QED) is 0.488. The Kier molecular flexibility index (Phi) is 6.10. The van der Waals surface area contributed by atoms with E-state index < -0.39 is 24.0 Å². The minimum absolute atomic E-state index is 0.0142. The van der Waals surface area contributed by atoms with Crippen LogP contribution in [0, 0.1) is 5.92 Å². The molecule has 1 aliphatic heterocycles. The molecule has 1 heterocycles. The van der Waals surface area contributed by atoms with Gasteiger partial charge in [-0.1, -0.05) is 13.8 Å². The fourth-order valence-corrected chi connectivity index (χ4v) is 2.06. The second-order valence-electron chi connectivity index (χ2n) is 5.72. The summed E-state index contributed by atoms with van der Waals surface area (Å²) in [6.45, 7) is 5.72. The molecule has 1 rings (SSSR count). The molecule has 21 heavy (non-hydrogen) atoms. The van der Waals surface area contributed by atoms with Gasteiger partial charge in [0.25, 0.3) is 5.91 Å². The normalized spacial score (nSPS) is 21.8. The maximum atomic E-state index is 12.2. The lowest BCUT2D eigenvalue weighted by Gasteiger charge is -2.34. The van der Waals surface area contributed by atoms with E-state index >= 15 is 0 Å². The third-order valence-electron chi connectivity index (χ3n) is 3.55. The van der Waals surface area contributed by atoms with E-state index in [0.717, 1.165) is 0 Å². The van der Waals surface area contributed by atoms with Crippen LogP contribution in [0.1, 0.15) is 33.6 Å². The molecule has 0 aromatic carbocycles. The molecule has 120 valence electrons. The first-order valence-electron chi connectivity index (χ1n) is 7.16. The van der Waals surface area contributed by atoms with Gasteiger partial charge in [-0.3, -0.25) is 19.4 Å². The van der Waals surface area contributed by atoms with Crippen LogP contribution in [0.15, 0.2) is 0 Å². The average molecular weight is 299 g/mol. The van der Waals surface area contributed by atoms with Gasteiger partial charge in [0, 0.05) is 6.54 Å². The van der Waals surface area contributed by atoms with Crippen LogP contribution in [0.4, 0.5) is 0 Å². The Balaban J connectivity index is 2.57. The van der Waals surface area contributed by atoms with Crippen molar-refractivity contribution in [3.05, 3.63) is 0 Å². The van der Waals surface area contributed by atoms with E-state index in [0.29, 0.717) is 19.4 Å². The number of hydrazine groups is 1. The number of carbonyl (C=O) groups is 3. The molecule has 0 radical (unpaired) electrons. The summed E-state index contributed by atoms with van der Waals surface area (Å²) in [5.41, 5.74) is 13.8. The van der Waals surface area contributed by atoms with Gasteiger partial charge in [0.15, 0.2) is 0 Å². The first-order chi connectivity index (χ1) is 9.73. The summed E-state index contributed by atoms with van der Waals surface area (Å²) in [6, 6.07) is -1.93. The highest BCUT2D eigenvalue weighted by atomic mass is 16.2. The maximum absolute atomic E-state index is 12.2. The molecular formula is C13H25N5O3. The van der Waals surface area contributed by atoms with Crippen molar-refractivity contribution in [1.29, 1.82) is 0 Å². The highest BCUT2D eigenvalue weighted by Gasteiger charge is 2.30. The van der Waals surface area contributed by atoms with Crippen LogP contribution in [0.5, 0.6) is 0 Å². The van der Waals surface area contributed by atoms with E-state index in [4.69, 9.17) is 11.5 Å². The van der Waals surface area contributed by atoms with E-state index in [1.807, 2.05) is 13.8 Å². The highest BCUT2D eigenvalue weighted by molar-refractivity contribution is 5.89. The molecule has 3 atom stereocenters. The standard InChI is InChI=1S/C13H25N5O3/c1-7(2)10(14)12(20)16-8(3)13(21)18-6-4-5-9(17-18)11(15)19/h7-10,17H,4-6,14H2,1-3H3,(H2,15,19)(H,16,20)/t8?,9-,10?/m0/s1. The second-order valence-corrected chi connectivity index (χ2v) is 5.72. The number of nitrogens with one attached hydrogen (secondary N) is 2. The van der Waals surface area contributed by atoms with Crippen LogP contribution in [0.25, 0.3) is 0 Å². The molecular weight excluding hydrogens is 274 g/mol. The van der Waals surface area contributed by atoms with Crippen molar-refractivity contribution in [2.75, 3.05) is 6.54 Å². The zero-order chi connectivity index (χ0) is 16.2.